The van der Waals surface area contributed by atoms with Gasteiger partial charge in [0.25, 0.3) is 0 Å². The Bertz CT molecular complexity index is 1130. The number of hydrogen-bond acceptors (Lipinski definition) is 3. The molecule has 3 aromatic rings. The number of fused-ring (bicyclic) bond motifs is 1. The molecule has 0 fully saturated rings. The van der Waals surface area contributed by atoms with E-state index in [1.165, 1.54) is 0 Å². The lowest BCUT2D eigenvalue weighted by atomic mass is 10.0. The second-order valence-electron chi connectivity index (χ2n) is 6.64. The number of rotatable bonds is 4. The summed E-state index contributed by atoms with van der Waals surface area (Å²) in [6.45, 7) is 2.24. The van der Waals surface area contributed by atoms with Crippen LogP contribution in [0.1, 0.15) is 27.0 Å². The molecule has 3 aromatic carbocycles. The molecule has 0 atom stereocenters. The van der Waals surface area contributed by atoms with Gasteiger partial charge in [-0.2, -0.15) is 0 Å². The predicted octanol–water partition coefficient (Wildman–Crippen LogP) is 7.15. The first kappa shape index (κ1) is 19.8. The molecule has 0 aromatic heterocycles. The molecule has 1 aliphatic rings. The summed E-state index contributed by atoms with van der Waals surface area (Å²) < 4.78 is 11.7. The number of hydrogen-bond donors (Lipinski definition) is 0. The minimum Gasteiger partial charge on any atom is -0.489 e. The maximum Gasteiger partial charge on any atom is 0.232 e. The zero-order valence-electron chi connectivity index (χ0n) is 15.3. The van der Waals surface area contributed by atoms with Crippen LogP contribution in [-0.2, 0) is 6.61 Å². The molecule has 3 nitrogen and oxygen atoms in total. The number of ketones is 1. The molecule has 1 heterocycles. The summed E-state index contributed by atoms with van der Waals surface area (Å²) in [6, 6.07) is 16.1. The van der Waals surface area contributed by atoms with Crippen LogP contribution in [-0.4, -0.2) is 5.78 Å². The molecule has 0 radical (unpaired) electrons. The van der Waals surface area contributed by atoms with Gasteiger partial charge in [-0.1, -0.05) is 53.0 Å². The molecule has 0 unspecified atom stereocenters. The van der Waals surface area contributed by atoms with Crippen molar-refractivity contribution in [3.8, 4) is 11.5 Å². The van der Waals surface area contributed by atoms with Crippen molar-refractivity contribution in [1.29, 1.82) is 0 Å². The molecular weight excluding hydrogens is 431 g/mol. The minimum absolute atomic E-state index is 0.173. The van der Waals surface area contributed by atoms with Gasteiger partial charge in [-0.3, -0.25) is 4.79 Å². The highest BCUT2D eigenvalue weighted by molar-refractivity contribution is 6.42. The highest BCUT2D eigenvalue weighted by atomic mass is 35.5. The van der Waals surface area contributed by atoms with Gasteiger partial charge in [-0.25, -0.2) is 0 Å². The summed E-state index contributed by atoms with van der Waals surface area (Å²) in [7, 11) is 0. The Hall–Kier alpha value is -2.46. The number of carbonyl (C=O) groups excluding carboxylic acids is 1. The summed E-state index contributed by atoms with van der Waals surface area (Å²) >= 11 is 17.9. The van der Waals surface area contributed by atoms with Gasteiger partial charge in [-0.05, 0) is 60.0 Å². The van der Waals surface area contributed by atoms with Gasteiger partial charge in [0.2, 0.25) is 5.78 Å². The first-order valence-corrected chi connectivity index (χ1v) is 9.95. The number of halogens is 3. The molecule has 0 bridgehead atoms. The van der Waals surface area contributed by atoms with Crippen molar-refractivity contribution in [3.05, 3.63) is 97.7 Å². The lowest BCUT2D eigenvalue weighted by molar-refractivity contribution is 0.101. The van der Waals surface area contributed by atoms with Crippen LogP contribution in [0, 0.1) is 6.92 Å². The second-order valence-corrected chi connectivity index (χ2v) is 7.89. The summed E-state index contributed by atoms with van der Waals surface area (Å²) in [5.41, 5.74) is 3.04. The van der Waals surface area contributed by atoms with E-state index in [1.54, 1.807) is 30.3 Å². The molecule has 1 aliphatic heterocycles. The summed E-state index contributed by atoms with van der Waals surface area (Å²) in [5.74, 6) is 1.16. The van der Waals surface area contributed by atoms with E-state index in [0.29, 0.717) is 38.7 Å². The Kier molecular flexibility index (Phi) is 5.55. The van der Waals surface area contributed by atoms with Gasteiger partial charge in [0.15, 0.2) is 5.76 Å². The molecular formula is C23H15Cl3O3. The zero-order chi connectivity index (χ0) is 20.5. The summed E-state index contributed by atoms with van der Waals surface area (Å²) in [6.07, 6.45) is 1.65. The van der Waals surface area contributed by atoms with Crippen LogP contribution in [0.3, 0.4) is 0 Å². The molecule has 6 heteroatoms. The molecule has 0 amide bonds. The van der Waals surface area contributed by atoms with Crippen LogP contribution in [0.5, 0.6) is 11.5 Å². The number of Topliss-reactive ketones (excluding diaryl/α,β-unsaturated/α-hetero) is 1. The van der Waals surface area contributed by atoms with Gasteiger partial charge in [-0.15, -0.1) is 0 Å². The van der Waals surface area contributed by atoms with Crippen LogP contribution >= 0.6 is 34.8 Å². The highest BCUT2D eigenvalue weighted by Crippen LogP contribution is 2.38. The molecule has 0 saturated carbocycles. The van der Waals surface area contributed by atoms with Crippen molar-refractivity contribution >= 4 is 46.7 Å². The monoisotopic (exact) mass is 444 g/mol. The van der Waals surface area contributed by atoms with Crippen LogP contribution in [0.2, 0.25) is 15.1 Å². The third-order valence-electron chi connectivity index (χ3n) is 4.50. The van der Waals surface area contributed by atoms with E-state index in [-0.39, 0.29) is 11.5 Å². The molecule has 29 heavy (non-hydrogen) atoms. The largest absolute Gasteiger partial charge is 0.489 e. The first-order valence-electron chi connectivity index (χ1n) is 8.82. The third-order valence-corrected chi connectivity index (χ3v) is 5.49. The van der Waals surface area contributed by atoms with Crippen molar-refractivity contribution < 1.29 is 14.3 Å². The second kappa shape index (κ2) is 8.11. The number of ether oxygens (including phenoxy) is 2. The molecule has 0 N–H and O–H groups in total. The van der Waals surface area contributed by atoms with Crippen molar-refractivity contribution in [2.75, 3.05) is 0 Å². The number of aryl methyl sites for hydroxylation is 1. The average Bonchev–Trinajstić information content (AvgIpc) is 3.00. The molecule has 4 rings (SSSR count). The van der Waals surface area contributed by atoms with E-state index in [1.807, 2.05) is 37.3 Å². The summed E-state index contributed by atoms with van der Waals surface area (Å²) in [4.78, 5) is 12.8. The van der Waals surface area contributed by atoms with Gasteiger partial charge < -0.3 is 9.47 Å². The Labute approximate surface area is 183 Å². The number of carbonyl (C=O) groups is 1. The fraction of sp³-hybridized carbons (Fsp3) is 0.0870. The van der Waals surface area contributed by atoms with Crippen molar-refractivity contribution in [3.63, 3.8) is 0 Å². The van der Waals surface area contributed by atoms with E-state index in [4.69, 9.17) is 44.3 Å². The fourth-order valence-electron chi connectivity index (χ4n) is 3.06. The topological polar surface area (TPSA) is 35.5 Å². The van der Waals surface area contributed by atoms with Crippen LogP contribution < -0.4 is 9.47 Å². The normalized spacial score (nSPS) is 14.1. The SMILES string of the molecule is Cc1cc(OCc2ccc(Cl)cc2)cc2c1C(=O)/C(=C/c1ccc(Cl)c(Cl)c1)O2. The van der Waals surface area contributed by atoms with Gasteiger partial charge >= 0.3 is 0 Å². The average molecular weight is 446 g/mol. The molecule has 0 aliphatic carbocycles. The van der Waals surface area contributed by atoms with Crippen molar-refractivity contribution in [2.45, 2.75) is 13.5 Å². The van der Waals surface area contributed by atoms with Crippen molar-refractivity contribution in [1.82, 2.24) is 0 Å². The highest BCUT2D eigenvalue weighted by Gasteiger charge is 2.30. The Morgan fingerprint density at radius 2 is 1.72 bits per heavy atom. The fourth-order valence-corrected chi connectivity index (χ4v) is 3.49. The van der Waals surface area contributed by atoms with E-state index < -0.39 is 0 Å². The molecule has 0 saturated heterocycles. The van der Waals surface area contributed by atoms with Crippen LogP contribution in [0.4, 0.5) is 0 Å². The van der Waals surface area contributed by atoms with Gasteiger partial charge in [0, 0.05) is 11.1 Å². The smallest absolute Gasteiger partial charge is 0.232 e. The number of benzene rings is 3. The maximum atomic E-state index is 12.8. The Morgan fingerprint density at radius 3 is 2.45 bits per heavy atom. The van der Waals surface area contributed by atoms with Crippen LogP contribution in [0.15, 0.2) is 60.4 Å². The maximum absolute atomic E-state index is 12.8. The van der Waals surface area contributed by atoms with Gasteiger partial charge in [0.1, 0.15) is 18.1 Å². The zero-order valence-corrected chi connectivity index (χ0v) is 17.6. The Morgan fingerprint density at radius 1 is 0.966 bits per heavy atom. The van der Waals surface area contributed by atoms with Crippen LogP contribution in [0.25, 0.3) is 6.08 Å². The van der Waals surface area contributed by atoms with E-state index >= 15 is 0 Å². The van der Waals surface area contributed by atoms with Gasteiger partial charge in [0.05, 0.1) is 15.6 Å². The predicted molar refractivity (Wildman–Crippen MR) is 116 cm³/mol. The van der Waals surface area contributed by atoms with E-state index in [9.17, 15) is 4.79 Å². The Balaban J connectivity index is 1.56. The van der Waals surface area contributed by atoms with E-state index in [2.05, 4.69) is 0 Å². The van der Waals surface area contributed by atoms with E-state index in [0.717, 1.165) is 16.7 Å². The first-order chi connectivity index (χ1) is 13.9. The quantitative estimate of drug-likeness (QED) is 0.400. The standard InChI is InChI=1S/C23H15Cl3O3/c1-13-8-17(28-12-14-2-5-16(24)6-3-14)11-20-22(13)23(27)21(29-20)10-15-4-7-18(25)19(26)9-15/h2-11H,12H2,1H3/b21-10-. The summed E-state index contributed by atoms with van der Waals surface area (Å²) in [5, 5.41) is 1.54. The minimum atomic E-state index is -0.173. The number of allylic oxidation sites excluding steroid dienone is 1. The molecule has 0 spiro atoms. The third kappa shape index (κ3) is 4.27. The lowest BCUT2D eigenvalue weighted by Crippen LogP contribution is -2.00. The van der Waals surface area contributed by atoms with Crippen molar-refractivity contribution in [2.24, 2.45) is 0 Å². The molecule has 146 valence electrons. The lowest BCUT2D eigenvalue weighted by Gasteiger charge is -2.09.